The average molecular weight is 408 g/mol. The van der Waals surface area contributed by atoms with Crippen molar-refractivity contribution in [3.8, 4) is 5.75 Å². The maximum atomic E-state index is 13.2. The van der Waals surface area contributed by atoms with Crippen LogP contribution >= 0.6 is 0 Å². The Bertz CT molecular complexity index is 1070. The van der Waals surface area contributed by atoms with E-state index in [2.05, 4.69) is 25.7 Å². The quantitative estimate of drug-likeness (QED) is 0.679. The van der Waals surface area contributed by atoms with Crippen molar-refractivity contribution >= 4 is 17.4 Å². The van der Waals surface area contributed by atoms with Gasteiger partial charge in [-0.05, 0) is 17.7 Å². The summed E-state index contributed by atoms with van der Waals surface area (Å²) in [6, 6.07) is 5.88. The third kappa shape index (κ3) is 3.78. The van der Waals surface area contributed by atoms with Crippen LogP contribution in [-0.4, -0.2) is 45.4 Å². The third-order valence-corrected chi connectivity index (χ3v) is 4.26. The van der Waals surface area contributed by atoms with Crippen molar-refractivity contribution in [3.05, 3.63) is 47.5 Å². The number of carbonyl (C=O) groups excluding carboxylic acids is 1. The minimum atomic E-state index is -4.72. The van der Waals surface area contributed by atoms with Crippen LogP contribution in [0.3, 0.4) is 0 Å². The van der Waals surface area contributed by atoms with Crippen LogP contribution in [0.15, 0.2) is 30.6 Å². The monoisotopic (exact) mass is 408 g/mol. The zero-order valence-corrected chi connectivity index (χ0v) is 15.0. The molecule has 0 bridgehead atoms. The second-order valence-electron chi connectivity index (χ2n) is 6.19. The zero-order valence-electron chi connectivity index (χ0n) is 15.0. The summed E-state index contributed by atoms with van der Waals surface area (Å²) in [5.74, 6) is -0.439. The molecule has 0 aliphatic carbocycles. The lowest BCUT2D eigenvalue weighted by Crippen LogP contribution is -2.33. The smallest absolute Gasteiger partial charge is 0.433 e. The van der Waals surface area contributed by atoms with Crippen molar-refractivity contribution in [2.24, 2.45) is 0 Å². The lowest BCUT2D eigenvalue weighted by molar-refractivity contribution is -0.142. The van der Waals surface area contributed by atoms with Gasteiger partial charge in [0.25, 0.3) is 11.7 Å². The summed E-state index contributed by atoms with van der Waals surface area (Å²) in [6.07, 6.45) is -4.08. The van der Waals surface area contributed by atoms with Crippen molar-refractivity contribution in [1.29, 1.82) is 0 Å². The average Bonchev–Trinajstić information content (AvgIpc) is 3.18. The lowest BCUT2D eigenvalue weighted by Gasteiger charge is -2.26. The number of rotatable bonds is 4. The lowest BCUT2D eigenvalue weighted by atomic mass is 10.1. The van der Waals surface area contributed by atoms with Gasteiger partial charge in [0.1, 0.15) is 24.4 Å². The normalized spacial score (nSPS) is 16.1. The molecular formula is C17H15F3N6O3. The molecule has 3 heterocycles. The number of benzene rings is 1. The van der Waals surface area contributed by atoms with E-state index in [0.29, 0.717) is 34.2 Å². The Morgan fingerprint density at radius 2 is 2.24 bits per heavy atom. The number of methoxy groups -OCH3 is 1. The molecule has 9 nitrogen and oxygen atoms in total. The van der Waals surface area contributed by atoms with Gasteiger partial charge in [0.15, 0.2) is 11.9 Å². The molecule has 2 N–H and O–H groups in total. The SMILES string of the molecule is COC1COc2ccc(CNC(=O)c3cc(C(F)(F)F)n4ncnc4n3)cc2N1. The fraction of sp³-hybridized carbons (Fsp3) is 0.294. The predicted octanol–water partition coefficient (Wildman–Crippen LogP) is 1.85. The maximum Gasteiger partial charge on any atom is 0.433 e. The summed E-state index contributed by atoms with van der Waals surface area (Å²) in [5.41, 5.74) is -0.135. The Morgan fingerprint density at radius 3 is 3.00 bits per heavy atom. The highest BCUT2D eigenvalue weighted by Gasteiger charge is 2.35. The van der Waals surface area contributed by atoms with E-state index in [1.807, 2.05) is 0 Å². The molecule has 29 heavy (non-hydrogen) atoms. The van der Waals surface area contributed by atoms with Crippen LogP contribution in [0.5, 0.6) is 5.75 Å². The van der Waals surface area contributed by atoms with E-state index in [1.54, 1.807) is 25.3 Å². The van der Waals surface area contributed by atoms with Crippen LogP contribution in [0.25, 0.3) is 5.78 Å². The van der Waals surface area contributed by atoms with E-state index in [0.717, 1.165) is 6.33 Å². The first kappa shape index (κ1) is 18.9. The molecule has 1 unspecified atom stereocenters. The fourth-order valence-corrected chi connectivity index (χ4v) is 2.84. The number of nitrogens with zero attached hydrogens (tertiary/aromatic N) is 4. The highest BCUT2D eigenvalue weighted by atomic mass is 19.4. The predicted molar refractivity (Wildman–Crippen MR) is 93.3 cm³/mol. The molecule has 1 aliphatic heterocycles. The first-order valence-electron chi connectivity index (χ1n) is 8.46. The van der Waals surface area contributed by atoms with E-state index < -0.39 is 23.5 Å². The van der Waals surface area contributed by atoms with E-state index >= 15 is 0 Å². The summed E-state index contributed by atoms with van der Waals surface area (Å²) < 4.78 is 51.0. The number of carbonyl (C=O) groups is 1. The Kier molecular flexibility index (Phi) is 4.70. The molecule has 0 fully saturated rings. The molecule has 3 aromatic rings. The molecule has 0 saturated heterocycles. The number of fused-ring (bicyclic) bond motifs is 2. The Balaban J connectivity index is 1.52. The second-order valence-corrected chi connectivity index (χ2v) is 6.19. The Labute approximate surface area is 161 Å². The van der Waals surface area contributed by atoms with Gasteiger partial charge in [-0.15, -0.1) is 0 Å². The number of aromatic nitrogens is 4. The molecule has 1 aliphatic rings. The van der Waals surface area contributed by atoms with E-state index in [9.17, 15) is 18.0 Å². The topological polar surface area (TPSA) is 103 Å². The van der Waals surface area contributed by atoms with Crippen molar-refractivity contribution < 1.29 is 27.4 Å². The van der Waals surface area contributed by atoms with Crippen molar-refractivity contribution in [2.45, 2.75) is 18.9 Å². The largest absolute Gasteiger partial charge is 0.487 e. The Morgan fingerprint density at radius 1 is 1.41 bits per heavy atom. The molecule has 1 aromatic carbocycles. The summed E-state index contributed by atoms with van der Waals surface area (Å²) in [6.45, 7) is 0.435. The van der Waals surface area contributed by atoms with Gasteiger partial charge in [-0.25, -0.2) is 4.98 Å². The highest BCUT2D eigenvalue weighted by Crippen LogP contribution is 2.30. The van der Waals surface area contributed by atoms with E-state index in [1.165, 1.54) is 0 Å². The summed E-state index contributed by atoms with van der Waals surface area (Å²) >= 11 is 0. The third-order valence-electron chi connectivity index (χ3n) is 4.26. The molecule has 2 aromatic heterocycles. The van der Waals surface area contributed by atoms with Crippen molar-refractivity contribution in [1.82, 2.24) is 24.9 Å². The van der Waals surface area contributed by atoms with Gasteiger partial charge in [-0.3, -0.25) is 4.79 Å². The molecule has 0 spiro atoms. The minimum absolute atomic E-state index is 0.0757. The number of nitrogens with one attached hydrogen (secondary N) is 2. The first-order chi connectivity index (χ1) is 13.8. The van der Waals surface area contributed by atoms with Crippen LogP contribution < -0.4 is 15.4 Å². The molecular weight excluding hydrogens is 393 g/mol. The van der Waals surface area contributed by atoms with Gasteiger partial charge in [0.2, 0.25) is 0 Å². The summed E-state index contributed by atoms with van der Waals surface area (Å²) in [5, 5.41) is 9.18. The fourth-order valence-electron chi connectivity index (χ4n) is 2.84. The van der Waals surface area contributed by atoms with Gasteiger partial charge in [-0.2, -0.15) is 27.8 Å². The molecule has 1 atom stereocenters. The van der Waals surface area contributed by atoms with Gasteiger partial charge in [-0.1, -0.05) is 6.07 Å². The molecule has 152 valence electrons. The second kappa shape index (κ2) is 7.20. The van der Waals surface area contributed by atoms with Crippen LogP contribution in [-0.2, 0) is 17.5 Å². The molecule has 0 radical (unpaired) electrons. The van der Waals surface area contributed by atoms with Crippen molar-refractivity contribution in [2.75, 3.05) is 19.0 Å². The van der Waals surface area contributed by atoms with Crippen LogP contribution in [0.1, 0.15) is 21.7 Å². The zero-order chi connectivity index (χ0) is 20.6. The maximum absolute atomic E-state index is 13.2. The number of halogens is 3. The summed E-state index contributed by atoms with van der Waals surface area (Å²) in [4.78, 5) is 19.9. The minimum Gasteiger partial charge on any atom is -0.487 e. The van der Waals surface area contributed by atoms with Crippen LogP contribution in [0.4, 0.5) is 18.9 Å². The molecule has 0 saturated carbocycles. The summed E-state index contributed by atoms with van der Waals surface area (Å²) in [7, 11) is 1.55. The van der Waals surface area contributed by atoms with Crippen LogP contribution in [0, 0.1) is 0 Å². The molecule has 4 rings (SSSR count). The van der Waals surface area contributed by atoms with Gasteiger partial charge < -0.3 is 20.1 Å². The van der Waals surface area contributed by atoms with Gasteiger partial charge in [0, 0.05) is 19.7 Å². The standard InChI is InChI=1S/C17H15F3N6O3/c1-28-14-7-29-12-3-2-9(4-10(12)24-14)6-21-15(27)11-5-13(17(18,19)20)26-16(25-11)22-8-23-26/h2-5,8,14,24H,6-7H2,1H3,(H,21,27). The van der Waals surface area contributed by atoms with Gasteiger partial charge in [0.05, 0.1) is 5.69 Å². The van der Waals surface area contributed by atoms with Gasteiger partial charge >= 0.3 is 6.18 Å². The number of hydrogen-bond donors (Lipinski definition) is 2. The van der Waals surface area contributed by atoms with E-state index in [-0.39, 0.29) is 18.6 Å². The number of alkyl halides is 3. The van der Waals surface area contributed by atoms with E-state index in [4.69, 9.17) is 9.47 Å². The first-order valence-corrected chi connectivity index (χ1v) is 8.46. The highest BCUT2D eigenvalue weighted by molar-refractivity contribution is 5.92. The number of amides is 1. The molecule has 12 heteroatoms. The number of hydrogen-bond acceptors (Lipinski definition) is 7. The Hall–Kier alpha value is -3.41. The molecule has 1 amide bonds. The number of anilines is 1. The van der Waals surface area contributed by atoms with Crippen molar-refractivity contribution in [3.63, 3.8) is 0 Å². The van der Waals surface area contributed by atoms with Crippen LogP contribution in [0.2, 0.25) is 0 Å². The number of ether oxygens (including phenoxy) is 2.